The van der Waals surface area contributed by atoms with Crippen LogP contribution in [0.25, 0.3) is 0 Å². The van der Waals surface area contributed by atoms with Crippen LogP contribution in [-0.2, 0) is 46.6 Å². The number of aliphatic hydroxyl groups is 1. The summed E-state index contributed by atoms with van der Waals surface area (Å²) < 4.78 is 38.5. The predicted molar refractivity (Wildman–Crippen MR) is 165 cm³/mol. The summed E-state index contributed by atoms with van der Waals surface area (Å²) in [4.78, 5) is 36.6. The lowest BCUT2D eigenvalue weighted by molar-refractivity contribution is -0.245. The predicted octanol–water partition coefficient (Wildman–Crippen LogP) is 4.19. The van der Waals surface area contributed by atoms with E-state index in [1.54, 1.807) is 30.3 Å². The van der Waals surface area contributed by atoms with Gasteiger partial charge in [-0.15, -0.1) is 15.3 Å². The molecule has 0 aliphatic carbocycles. The van der Waals surface area contributed by atoms with Gasteiger partial charge in [0.15, 0.2) is 5.82 Å². The molecule has 2 aromatic heterocycles. The van der Waals surface area contributed by atoms with Gasteiger partial charge in [-0.1, -0.05) is 65.9 Å². The fourth-order valence-electron chi connectivity index (χ4n) is 4.20. The maximum Gasteiger partial charge on any atom is 0.426 e. The minimum Gasteiger partial charge on any atom is -0.373 e. The van der Waals surface area contributed by atoms with Gasteiger partial charge in [0.05, 0.1) is 18.5 Å². The fourth-order valence-corrected chi connectivity index (χ4v) is 5.00. The van der Waals surface area contributed by atoms with E-state index in [1.165, 1.54) is 11.3 Å². The van der Waals surface area contributed by atoms with Crippen molar-refractivity contribution < 1.29 is 32.7 Å². The molecule has 0 fully saturated rings. The zero-order chi connectivity index (χ0) is 33.2. The smallest absolute Gasteiger partial charge is 0.373 e. The summed E-state index contributed by atoms with van der Waals surface area (Å²) in [5, 5.41) is 34.5. The highest BCUT2D eigenvalue weighted by Crippen LogP contribution is 2.30. The van der Waals surface area contributed by atoms with Gasteiger partial charge in [-0.25, -0.2) is 0 Å². The van der Waals surface area contributed by atoms with E-state index in [4.69, 9.17) is 0 Å². The van der Waals surface area contributed by atoms with Crippen molar-refractivity contribution in [3.05, 3.63) is 94.1 Å². The number of nitrogens with zero attached hydrogens (tertiary/aromatic N) is 4. The fraction of sp³-hybridized carbons (Fsp3) is 0.323. The number of nitrogens with one attached hydrogen (secondary N) is 3. The molecule has 0 aliphatic heterocycles. The summed E-state index contributed by atoms with van der Waals surface area (Å²) in [6.45, 7) is 0.126. The topological polar surface area (TPSA) is 159 Å². The number of unbranched alkanes of at least 4 members (excludes halogenated alkanes) is 1. The van der Waals surface area contributed by atoms with Crippen LogP contribution in [0.2, 0.25) is 0 Å². The number of benzene rings is 2. The molecule has 2 aromatic carbocycles. The number of anilines is 2. The number of alkyl halides is 3. The highest BCUT2D eigenvalue weighted by molar-refractivity contribution is 7.15. The Morgan fingerprint density at radius 2 is 1.46 bits per heavy atom. The third kappa shape index (κ3) is 10.1. The number of hydrogen-bond donors (Lipinski definition) is 4. The van der Waals surface area contributed by atoms with E-state index in [-0.39, 0.29) is 31.2 Å². The molecule has 4 N–H and O–H groups in total. The van der Waals surface area contributed by atoms with Crippen LogP contribution < -0.4 is 16.0 Å². The first-order valence-electron chi connectivity index (χ1n) is 14.3. The molecule has 2 heterocycles. The zero-order valence-corrected chi connectivity index (χ0v) is 25.6. The van der Waals surface area contributed by atoms with Crippen LogP contribution in [0.3, 0.4) is 0 Å². The van der Waals surface area contributed by atoms with Crippen molar-refractivity contribution in [1.82, 2.24) is 25.7 Å². The van der Waals surface area contributed by atoms with E-state index in [0.717, 1.165) is 29.1 Å². The van der Waals surface area contributed by atoms with Crippen molar-refractivity contribution in [2.45, 2.75) is 63.8 Å². The van der Waals surface area contributed by atoms with Crippen molar-refractivity contribution in [1.29, 1.82) is 0 Å². The zero-order valence-electron chi connectivity index (χ0n) is 24.8. The molecule has 11 nitrogen and oxygen atoms in total. The van der Waals surface area contributed by atoms with Gasteiger partial charge in [0, 0.05) is 13.0 Å². The Labute approximate surface area is 266 Å². The summed E-state index contributed by atoms with van der Waals surface area (Å²) >= 11 is 1.26. The van der Waals surface area contributed by atoms with Crippen LogP contribution in [0.15, 0.2) is 66.7 Å². The van der Waals surface area contributed by atoms with Gasteiger partial charge in [0.25, 0.3) is 5.91 Å². The van der Waals surface area contributed by atoms with Crippen molar-refractivity contribution in [3.63, 3.8) is 0 Å². The average Bonchev–Trinajstić information content (AvgIpc) is 3.45. The van der Waals surface area contributed by atoms with Crippen LogP contribution in [0.4, 0.5) is 24.1 Å². The maximum atomic E-state index is 12.8. The molecule has 0 saturated carbocycles. The van der Waals surface area contributed by atoms with Gasteiger partial charge in [0.1, 0.15) is 5.01 Å². The Kier molecular flexibility index (Phi) is 11.5. The molecular formula is C31H32F3N7O4S. The molecule has 4 rings (SSSR count). The van der Waals surface area contributed by atoms with Gasteiger partial charge in [0.2, 0.25) is 22.5 Å². The number of aryl methyl sites for hydroxylation is 2. The summed E-state index contributed by atoms with van der Waals surface area (Å²) in [6, 6.07) is 19.4. The first-order valence-corrected chi connectivity index (χ1v) is 15.1. The molecule has 3 amide bonds. The Bertz CT molecular complexity index is 1630. The second kappa shape index (κ2) is 15.5. The van der Waals surface area contributed by atoms with Crippen LogP contribution in [-0.4, -0.2) is 55.0 Å². The van der Waals surface area contributed by atoms with Crippen molar-refractivity contribution in [3.8, 4) is 0 Å². The molecule has 4 aromatic rings. The monoisotopic (exact) mass is 655 g/mol. The number of amides is 3. The largest absolute Gasteiger partial charge is 0.426 e. The van der Waals surface area contributed by atoms with E-state index < -0.39 is 17.7 Å². The van der Waals surface area contributed by atoms with Crippen LogP contribution in [0.1, 0.15) is 47.2 Å². The lowest BCUT2D eigenvalue weighted by Crippen LogP contribution is -2.54. The Morgan fingerprint density at radius 3 is 2.17 bits per heavy atom. The van der Waals surface area contributed by atoms with Gasteiger partial charge >= 0.3 is 6.18 Å². The molecule has 1 unspecified atom stereocenters. The van der Waals surface area contributed by atoms with E-state index in [2.05, 4.69) is 36.3 Å². The maximum absolute atomic E-state index is 12.8. The molecule has 0 radical (unpaired) electrons. The summed E-state index contributed by atoms with van der Waals surface area (Å²) in [6.07, 6.45) is -1.92. The third-order valence-corrected chi connectivity index (χ3v) is 7.68. The quantitative estimate of drug-likeness (QED) is 0.147. The highest BCUT2D eigenvalue weighted by atomic mass is 32.1. The Morgan fingerprint density at radius 1 is 0.783 bits per heavy atom. The molecule has 1 atom stereocenters. The summed E-state index contributed by atoms with van der Waals surface area (Å²) in [5.74, 6) is -1.70. The van der Waals surface area contributed by atoms with Gasteiger partial charge in [-0.05, 0) is 55.0 Å². The second-order valence-corrected chi connectivity index (χ2v) is 11.7. The third-order valence-electron chi connectivity index (χ3n) is 6.78. The van der Waals surface area contributed by atoms with Gasteiger partial charge in [-0.3, -0.25) is 14.4 Å². The van der Waals surface area contributed by atoms with Gasteiger partial charge in [-0.2, -0.15) is 18.3 Å². The SMILES string of the molecule is CC(O)(C(=O)NCc1cccc(CC(=O)Nc2nnc(CCCCc3ccc(NC(=O)Cc4ccccc4)nn3)s2)c1)C(F)(F)F. The normalized spacial score (nSPS) is 12.6. The van der Waals surface area contributed by atoms with Crippen molar-refractivity contribution >= 4 is 40.0 Å². The molecule has 0 spiro atoms. The standard InChI is InChI=1S/C31H32F3N7O4S/c1-30(45,31(32,33)34)28(44)35-19-22-11-7-10-21(16-22)18-26(43)37-29-41-40-27(46-29)13-6-5-12-23-14-15-24(39-38-23)36-25(42)17-20-8-3-2-4-9-20/h2-4,7-11,14-16,45H,5-6,12-13,17-19H2,1H3,(H,35,44)(H,36,39,42)(H,37,41,43). The minimum absolute atomic E-state index is 0.0342. The van der Waals surface area contributed by atoms with E-state index in [1.807, 2.05) is 36.4 Å². The second-order valence-electron chi connectivity index (χ2n) is 10.6. The van der Waals surface area contributed by atoms with Crippen molar-refractivity contribution in [2.75, 3.05) is 10.6 Å². The van der Waals surface area contributed by atoms with Crippen molar-refractivity contribution in [2.24, 2.45) is 0 Å². The minimum atomic E-state index is -5.12. The number of rotatable bonds is 14. The van der Waals surface area contributed by atoms with E-state index >= 15 is 0 Å². The molecule has 15 heteroatoms. The number of halogens is 3. The molecule has 0 saturated heterocycles. The molecular weight excluding hydrogens is 623 g/mol. The van der Waals surface area contributed by atoms with E-state index in [0.29, 0.717) is 41.8 Å². The number of hydrogen-bond acceptors (Lipinski definition) is 9. The highest BCUT2D eigenvalue weighted by Gasteiger charge is 2.55. The molecule has 0 aliphatic rings. The number of carbonyl (C=O) groups is 3. The number of carbonyl (C=O) groups excluding carboxylic acids is 3. The molecule has 0 bridgehead atoms. The molecule has 242 valence electrons. The summed E-state index contributed by atoms with van der Waals surface area (Å²) in [5.41, 5.74) is -0.778. The average molecular weight is 656 g/mol. The lowest BCUT2D eigenvalue weighted by Gasteiger charge is -2.24. The molecule has 46 heavy (non-hydrogen) atoms. The Balaban J connectivity index is 1.15. The van der Waals surface area contributed by atoms with Crippen LogP contribution in [0.5, 0.6) is 0 Å². The van der Waals surface area contributed by atoms with Crippen LogP contribution >= 0.6 is 11.3 Å². The lowest BCUT2D eigenvalue weighted by atomic mass is 10.0. The Hall–Kier alpha value is -4.76. The number of aromatic nitrogens is 4. The first-order chi connectivity index (χ1) is 21.9. The van der Waals surface area contributed by atoms with E-state index in [9.17, 15) is 32.7 Å². The van der Waals surface area contributed by atoms with Gasteiger partial charge < -0.3 is 21.1 Å². The first kappa shape index (κ1) is 34.1. The summed E-state index contributed by atoms with van der Waals surface area (Å²) in [7, 11) is 0. The van der Waals surface area contributed by atoms with Crippen LogP contribution in [0, 0.1) is 0 Å².